The van der Waals surface area contributed by atoms with Crippen molar-refractivity contribution in [3.63, 3.8) is 0 Å². The summed E-state index contributed by atoms with van der Waals surface area (Å²) < 4.78 is 10.6. The van der Waals surface area contributed by atoms with Crippen molar-refractivity contribution in [1.29, 1.82) is 0 Å². The Morgan fingerprint density at radius 2 is 1.69 bits per heavy atom. The van der Waals surface area contributed by atoms with Crippen LogP contribution in [0, 0.1) is 0 Å². The lowest BCUT2D eigenvalue weighted by molar-refractivity contribution is -0.132. The second kappa shape index (κ2) is 9.93. The molecule has 0 aliphatic carbocycles. The molecular weight excluding hydrogens is 370 g/mol. The van der Waals surface area contributed by atoms with Crippen molar-refractivity contribution in [2.75, 3.05) is 52.3 Å². The minimum Gasteiger partial charge on any atom is -0.497 e. The van der Waals surface area contributed by atoms with E-state index in [1.54, 1.807) is 20.3 Å². The summed E-state index contributed by atoms with van der Waals surface area (Å²) >= 11 is 0. The van der Waals surface area contributed by atoms with E-state index in [2.05, 4.69) is 10.2 Å². The first-order chi connectivity index (χ1) is 14.1. The number of rotatable bonds is 7. The average Bonchev–Trinajstić information content (AvgIpc) is 2.75. The predicted octanol–water partition coefficient (Wildman–Crippen LogP) is 2.03. The lowest BCUT2D eigenvalue weighted by atomic mass is 10.1. The molecule has 154 valence electrons. The third-order valence-electron chi connectivity index (χ3n) is 4.99. The highest BCUT2D eigenvalue weighted by Gasteiger charge is 2.23. The maximum absolute atomic E-state index is 12.7. The van der Waals surface area contributed by atoms with Gasteiger partial charge in [0.2, 0.25) is 11.8 Å². The van der Waals surface area contributed by atoms with Crippen molar-refractivity contribution < 1.29 is 19.1 Å². The fraction of sp³-hybridized carbons (Fsp3) is 0.364. The number of nitrogens with one attached hydrogen (secondary N) is 1. The number of hydrogen-bond donors (Lipinski definition) is 1. The molecule has 3 rings (SSSR count). The third kappa shape index (κ3) is 5.71. The van der Waals surface area contributed by atoms with E-state index < -0.39 is 0 Å². The van der Waals surface area contributed by atoms with Gasteiger partial charge in [0.15, 0.2) is 0 Å². The average molecular weight is 397 g/mol. The van der Waals surface area contributed by atoms with Gasteiger partial charge in [-0.25, -0.2) is 0 Å². The molecule has 0 unspecified atom stereocenters. The zero-order valence-electron chi connectivity index (χ0n) is 16.9. The summed E-state index contributed by atoms with van der Waals surface area (Å²) in [5.41, 5.74) is 1.63. The molecule has 0 spiro atoms. The molecule has 0 radical (unpaired) electrons. The Labute approximate surface area is 171 Å². The van der Waals surface area contributed by atoms with Crippen molar-refractivity contribution in [3.05, 3.63) is 54.1 Å². The number of para-hydroxylation sites is 1. The number of amides is 2. The van der Waals surface area contributed by atoms with Crippen LogP contribution in [0.15, 0.2) is 48.5 Å². The molecule has 1 heterocycles. The van der Waals surface area contributed by atoms with Crippen molar-refractivity contribution in [2.24, 2.45) is 0 Å². The van der Waals surface area contributed by atoms with Gasteiger partial charge in [-0.05, 0) is 18.2 Å². The number of nitrogens with zero attached hydrogens (tertiary/aromatic N) is 2. The maximum Gasteiger partial charge on any atom is 0.238 e. The quantitative estimate of drug-likeness (QED) is 0.774. The van der Waals surface area contributed by atoms with Gasteiger partial charge >= 0.3 is 0 Å². The number of benzene rings is 2. The monoisotopic (exact) mass is 397 g/mol. The Kier molecular flexibility index (Phi) is 7.08. The van der Waals surface area contributed by atoms with Crippen molar-refractivity contribution >= 4 is 17.5 Å². The molecule has 0 bridgehead atoms. The first-order valence-electron chi connectivity index (χ1n) is 9.65. The number of methoxy groups -OCH3 is 2. The van der Waals surface area contributed by atoms with Gasteiger partial charge in [0.05, 0.1) is 27.2 Å². The van der Waals surface area contributed by atoms with E-state index in [0.717, 1.165) is 11.3 Å². The van der Waals surface area contributed by atoms with Crippen molar-refractivity contribution in [1.82, 2.24) is 9.80 Å². The lowest BCUT2D eigenvalue weighted by Crippen LogP contribution is -2.50. The molecule has 1 aliphatic heterocycles. The molecule has 0 atom stereocenters. The highest BCUT2D eigenvalue weighted by molar-refractivity contribution is 5.92. The number of anilines is 1. The smallest absolute Gasteiger partial charge is 0.238 e. The van der Waals surface area contributed by atoms with E-state index in [9.17, 15) is 9.59 Å². The largest absolute Gasteiger partial charge is 0.497 e. The zero-order valence-corrected chi connectivity index (χ0v) is 16.9. The minimum atomic E-state index is -0.0426. The minimum absolute atomic E-state index is 0.0426. The fourth-order valence-corrected chi connectivity index (χ4v) is 3.35. The SMILES string of the molecule is COc1ccc(CC(=O)N2CCN(CC(=O)Nc3ccccc3)CC2)c(OC)c1. The summed E-state index contributed by atoms with van der Waals surface area (Å²) in [7, 11) is 3.18. The zero-order chi connectivity index (χ0) is 20.6. The molecule has 7 heteroatoms. The first kappa shape index (κ1) is 20.7. The Balaban J connectivity index is 1.47. The topological polar surface area (TPSA) is 71.1 Å². The fourth-order valence-electron chi connectivity index (χ4n) is 3.35. The summed E-state index contributed by atoms with van der Waals surface area (Å²) in [5, 5.41) is 2.89. The molecule has 0 saturated carbocycles. The number of piperazine rings is 1. The molecule has 29 heavy (non-hydrogen) atoms. The van der Waals surface area contributed by atoms with Crippen LogP contribution in [0.4, 0.5) is 5.69 Å². The Hall–Kier alpha value is -3.06. The molecule has 1 fully saturated rings. The normalized spacial score (nSPS) is 14.3. The molecule has 0 aromatic heterocycles. The second-order valence-corrected chi connectivity index (χ2v) is 6.93. The van der Waals surface area contributed by atoms with Crippen LogP contribution in [0.1, 0.15) is 5.56 Å². The summed E-state index contributed by atoms with van der Waals surface area (Å²) in [6, 6.07) is 14.9. The highest BCUT2D eigenvalue weighted by Crippen LogP contribution is 2.25. The van der Waals surface area contributed by atoms with Gasteiger partial charge in [-0.2, -0.15) is 0 Å². The van der Waals surface area contributed by atoms with Gasteiger partial charge in [-0.1, -0.05) is 24.3 Å². The number of hydrogen-bond acceptors (Lipinski definition) is 5. The van der Waals surface area contributed by atoms with Gasteiger partial charge in [-0.3, -0.25) is 14.5 Å². The molecule has 7 nitrogen and oxygen atoms in total. The van der Waals surface area contributed by atoms with Gasteiger partial charge in [-0.15, -0.1) is 0 Å². The third-order valence-corrected chi connectivity index (χ3v) is 4.99. The van der Waals surface area contributed by atoms with Gasteiger partial charge in [0, 0.05) is 43.5 Å². The molecule has 1 N–H and O–H groups in total. The molecular formula is C22H27N3O4. The number of carbonyl (C=O) groups excluding carboxylic acids is 2. The summed E-state index contributed by atoms with van der Waals surface area (Å²) in [6.45, 7) is 2.89. The number of ether oxygens (including phenoxy) is 2. The molecule has 2 aromatic rings. The maximum atomic E-state index is 12.7. The van der Waals surface area contributed by atoms with E-state index >= 15 is 0 Å². The highest BCUT2D eigenvalue weighted by atomic mass is 16.5. The predicted molar refractivity (Wildman–Crippen MR) is 111 cm³/mol. The summed E-state index contributed by atoms with van der Waals surface area (Å²) in [6.07, 6.45) is 0.279. The van der Waals surface area contributed by atoms with Crippen LogP contribution in [0.25, 0.3) is 0 Å². The van der Waals surface area contributed by atoms with Crippen LogP contribution in [0.2, 0.25) is 0 Å². The van der Waals surface area contributed by atoms with E-state index in [4.69, 9.17) is 9.47 Å². The van der Waals surface area contributed by atoms with Gasteiger partial charge in [0.1, 0.15) is 11.5 Å². The standard InChI is InChI=1S/C22H27N3O4/c1-28-19-9-8-17(20(15-19)29-2)14-22(27)25-12-10-24(11-13-25)16-21(26)23-18-6-4-3-5-7-18/h3-9,15H,10-14,16H2,1-2H3,(H,23,26). The van der Waals surface area contributed by atoms with Crippen molar-refractivity contribution in [2.45, 2.75) is 6.42 Å². The molecule has 2 aromatic carbocycles. The Morgan fingerprint density at radius 3 is 2.34 bits per heavy atom. The Bertz CT molecular complexity index is 833. The Morgan fingerprint density at radius 1 is 0.966 bits per heavy atom. The van der Waals surface area contributed by atoms with E-state index in [1.807, 2.05) is 47.4 Å². The van der Waals surface area contributed by atoms with E-state index in [-0.39, 0.29) is 18.2 Å². The molecule has 1 aliphatic rings. The molecule has 2 amide bonds. The van der Waals surface area contributed by atoms with E-state index in [0.29, 0.717) is 44.2 Å². The lowest BCUT2D eigenvalue weighted by Gasteiger charge is -2.34. The van der Waals surface area contributed by atoms with Crippen LogP contribution in [-0.2, 0) is 16.0 Å². The van der Waals surface area contributed by atoms with Gasteiger partial charge in [0.25, 0.3) is 0 Å². The molecule has 1 saturated heterocycles. The van der Waals surface area contributed by atoms with Crippen LogP contribution < -0.4 is 14.8 Å². The summed E-state index contributed by atoms with van der Waals surface area (Å²) in [4.78, 5) is 28.8. The van der Waals surface area contributed by atoms with Gasteiger partial charge < -0.3 is 19.7 Å². The second-order valence-electron chi connectivity index (χ2n) is 6.93. The van der Waals surface area contributed by atoms with E-state index in [1.165, 1.54) is 0 Å². The van der Waals surface area contributed by atoms with Crippen LogP contribution >= 0.6 is 0 Å². The first-order valence-corrected chi connectivity index (χ1v) is 9.65. The number of carbonyl (C=O) groups is 2. The summed E-state index contributed by atoms with van der Waals surface area (Å²) in [5.74, 6) is 1.36. The van der Waals surface area contributed by atoms with Crippen LogP contribution in [-0.4, -0.2) is 68.6 Å². The van der Waals surface area contributed by atoms with Crippen molar-refractivity contribution in [3.8, 4) is 11.5 Å². The van der Waals surface area contributed by atoms with Crippen LogP contribution in [0.5, 0.6) is 11.5 Å². The van der Waals surface area contributed by atoms with Crippen LogP contribution in [0.3, 0.4) is 0 Å².